The number of aryl methyl sites for hydroxylation is 1. The first kappa shape index (κ1) is 24.4. The molecular formula is C30H42N2. The molecule has 0 amide bonds. The highest BCUT2D eigenvalue weighted by Gasteiger charge is 2.29. The predicted octanol–water partition coefficient (Wildman–Crippen LogP) is 8.49. The SMILES string of the molecule is CCCc1ccc(C=NN=C(c2ccccc2)C2CCC(C(CCC)CCC)CC2)cc1. The summed E-state index contributed by atoms with van der Waals surface area (Å²) in [6, 6.07) is 19.4. The lowest BCUT2D eigenvalue weighted by Gasteiger charge is -2.34. The molecule has 1 aliphatic rings. The summed E-state index contributed by atoms with van der Waals surface area (Å²) in [5.41, 5.74) is 4.90. The molecule has 0 N–H and O–H groups in total. The highest BCUT2D eigenvalue weighted by atomic mass is 15.2. The summed E-state index contributed by atoms with van der Waals surface area (Å²) in [5.74, 6) is 2.33. The van der Waals surface area contributed by atoms with Gasteiger partial charge in [-0.2, -0.15) is 10.2 Å². The van der Waals surface area contributed by atoms with Crippen LogP contribution < -0.4 is 0 Å². The third-order valence-electron chi connectivity index (χ3n) is 7.10. The van der Waals surface area contributed by atoms with Crippen LogP contribution >= 0.6 is 0 Å². The number of rotatable bonds is 11. The third-order valence-corrected chi connectivity index (χ3v) is 7.10. The Hall–Kier alpha value is -2.22. The van der Waals surface area contributed by atoms with Crippen molar-refractivity contribution < 1.29 is 0 Å². The van der Waals surface area contributed by atoms with Crippen molar-refractivity contribution in [3.05, 3.63) is 71.3 Å². The summed E-state index contributed by atoms with van der Waals surface area (Å²) in [7, 11) is 0. The Morgan fingerprint density at radius 3 is 2.09 bits per heavy atom. The Kier molecular flexibility index (Phi) is 10.2. The van der Waals surface area contributed by atoms with Crippen LogP contribution in [0.3, 0.4) is 0 Å². The molecule has 0 aliphatic heterocycles. The third kappa shape index (κ3) is 7.15. The lowest BCUT2D eigenvalue weighted by Crippen LogP contribution is -2.26. The van der Waals surface area contributed by atoms with Gasteiger partial charge in [-0.05, 0) is 60.6 Å². The van der Waals surface area contributed by atoms with E-state index in [0.717, 1.165) is 23.8 Å². The van der Waals surface area contributed by atoms with Crippen LogP contribution in [0.25, 0.3) is 0 Å². The van der Waals surface area contributed by atoms with Crippen molar-refractivity contribution in [2.75, 3.05) is 0 Å². The molecule has 0 saturated heterocycles. The molecule has 2 aromatic carbocycles. The Morgan fingerprint density at radius 2 is 1.50 bits per heavy atom. The molecule has 0 radical (unpaired) electrons. The highest BCUT2D eigenvalue weighted by molar-refractivity contribution is 6.02. The van der Waals surface area contributed by atoms with Gasteiger partial charge in [0.1, 0.15) is 0 Å². The molecule has 2 heteroatoms. The maximum atomic E-state index is 4.80. The molecule has 1 saturated carbocycles. The van der Waals surface area contributed by atoms with Crippen molar-refractivity contribution in [2.45, 2.75) is 85.0 Å². The van der Waals surface area contributed by atoms with E-state index >= 15 is 0 Å². The van der Waals surface area contributed by atoms with E-state index in [2.05, 4.69) is 80.5 Å². The molecule has 0 spiro atoms. The number of hydrogen-bond donors (Lipinski definition) is 0. The molecule has 0 bridgehead atoms. The molecule has 0 unspecified atom stereocenters. The summed E-state index contributed by atoms with van der Waals surface area (Å²) < 4.78 is 0. The number of benzene rings is 2. The van der Waals surface area contributed by atoms with Gasteiger partial charge in [-0.15, -0.1) is 0 Å². The Balaban J connectivity index is 1.71. The zero-order valence-corrected chi connectivity index (χ0v) is 20.5. The quantitative estimate of drug-likeness (QED) is 0.252. The second kappa shape index (κ2) is 13.4. The fourth-order valence-electron chi connectivity index (χ4n) is 5.42. The zero-order valence-electron chi connectivity index (χ0n) is 20.5. The van der Waals surface area contributed by atoms with Crippen LogP contribution in [0.5, 0.6) is 0 Å². The largest absolute Gasteiger partial charge is 0.158 e. The van der Waals surface area contributed by atoms with Crippen molar-refractivity contribution in [1.29, 1.82) is 0 Å². The maximum Gasteiger partial charge on any atom is 0.0733 e. The molecule has 2 aromatic rings. The molecule has 172 valence electrons. The van der Waals surface area contributed by atoms with Crippen molar-refractivity contribution in [3.63, 3.8) is 0 Å². The standard InChI is InChI=1S/C30H42N2/c1-4-10-24-15-17-25(18-16-24)23-31-32-30(28-13-8-7-9-14-28)29-21-19-27(20-22-29)26(11-5-2)12-6-3/h7-9,13-18,23,26-27,29H,4-6,10-12,19-22H2,1-3H3. The van der Waals surface area contributed by atoms with E-state index in [1.807, 2.05) is 6.21 Å². The molecule has 2 nitrogen and oxygen atoms in total. The van der Waals surface area contributed by atoms with Crippen molar-refractivity contribution in [1.82, 2.24) is 0 Å². The van der Waals surface area contributed by atoms with Gasteiger partial charge < -0.3 is 0 Å². The van der Waals surface area contributed by atoms with Gasteiger partial charge in [0.2, 0.25) is 0 Å². The average molecular weight is 431 g/mol. The van der Waals surface area contributed by atoms with Gasteiger partial charge in [0.05, 0.1) is 11.9 Å². The van der Waals surface area contributed by atoms with Gasteiger partial charge in [-0.25, -0.2) is 0 Å². The van der Waals surface area contributed by atoms with Gasteiger partial charge in [-0.3, -0.25) is 0 Å². The first-order valence-corrected chi connectivity index (χ1v) is 13.0. The van der Waals surface area contributed by atoms with Crippen LogP contribution in [0.1, 0.15) is 95.2 Å². The lowest BCUT2D eigenvalue weighted by atomic mass is 9.71. The van der Waals surface area contributed by atoms with Crippen LogP contribution in [0.4, 0.5) is 0 Å². The minimum Gasteiger partial charge on any atom is -0.158 e. The smallest absolute Gasteiger partial charge is 0.0733 e. The van der Waals surface area contributed by atoms with Crippen molar-refractivity contribution in [2.24, 2.45) is 28.0 Å². The first-order valence-electron chi connectivity index (χ1n) is 13.0. The van der Waals surface area contributed by atoms with Crippen molar-refractivity contribution in [3.8, 4) is 0 Å². The van der Waals surface area contributed by atoms with E-state index in [9.17, 15) is 0 Å². The van der Waals surface area contributed by atoms with E-state index in [1.54, 1.807) is 0 Å². The number of hydrogen-bond acceptors (Lipinski definition) is 2. The van der Waals surface area contributed by atoms with Crippen LogP contribution in [0.2, 0.25) is 0 Å². The fourth-order valence-corrected chi connectivity index (χ4v) is 5.42. The van der Waals surface area contributed by atoms with Crippen molar-refractivity contribution >= 4 is 11.9 Å². The summed E-state index contributed by atoms with van der Waals surface area (Å²) in [4.78, 5) is 0. The normalized spacial score (nSPS) is 19.7. The Labute approximate surface area is 196 Å². The van der Waals surface area contributed by atoms with E-state index < -0.39 is 0 Å². The minimum atomic E-state index is 0.515. The molecular weight excluding hydrogens is 388 g/mol. The minimum absolute atomic E-state index is 0.515. The molecule has 1 aliphatic carbocycles. The van der Waals surface area contributed by atoms with Gasteiger partial charge in [0, 0.05) is 5.92 Å². The Morgan fingerprint density at radius 1 is 0.844 bits per heavy atom. The maximum absolute atomic E-state index is 4.80. The zero-order chi connectivity index (χ0) is 22.6. The molecule has 32 heavy (non-hydrogen) atoms. The van der Waals surface area contributed by atoms with Crippen LogP contribution in [0.15, 0.2) is 64.8 Å². The predicted molar refractivity (Wildman–Crippen MR) is 140 cm³/mol. The van der Waals surface area contributed by atoms with Crippen LogP contribution in [0, 0.1) is 17.8 Å². The van der Waals surface area contributed by atoms with E-state index in [-0.39, 0.29) is 0 Å². The molecule has 3 rings (SSSR count). The average Bonchev–Trinajstić information content (AvgIpc) is 2.84. The monoisotopic (exact) mass is 430 g/mol. The van der Waals surface area contributed by atoms with Crippen LogP contribution in [-0.2, 0) is 6.42 Å². The van der Waals surface area contributed by atoms with Gasteiger partial charge in [0.15, 0.2) is 0 Å². The van der Waals surface area contributed by atoms with Crippen LogP contribution in [-0.4, -0.2) is 11.9 Å². The lowest BCUT2D eigenvalue weighted by molar-refractivity contribution is 0.206. The van der Waals surface area contributed by atoms with E-state index in [1.165, 1.54) is 74.6 Å². The summed E-state index contributed by atoms with van der Waals surface area (Å²) >= 11 is 0. The second-order valence-corrected chi connectivity index (χ2v) is 9.54. The molecule has 0 aromatic heterocycles. The summed E-state index contributed by atoms with van der Waals surface area (Å²) in [6.07, 6.45) is 14.8. The topological polar surface area (TPSA) is 24.7 Å². The van der Waals surface area contributed by atoms with Gasteiger partial charge in [0.25, 0.3) is 0 Å². The van der Waals surface area contributed by atoms with Gasteiger partial charge in [-0.1, -0.05) is 107 Å². The summed E-state index contributed by atoms with van der Waals surface area (Å²) in [5, 5.41) is 9.35. The molecule has 1 fully saturated rings. The number of nitrogens with zero attached hydrogens (tertiary/aromatic N) is 2. The van der Waals surface area contributed by atoms with E-state index in [0.29, 0.717) is 5.92 Å². The molecule has 0 heterocycles. The van der Waals surface area contributed by atoms with Gasteiger partial charge >= 0.3 is 0 Å². The molecule has 0 atom stereocenters. The Bertz CT molecular complexity index is 821. The first-order chi connectivity index (χ1) is 15.7. The summed E-state index contributed by atoms with van der Waals surface area (Å²) in [6.45, 7) is 6.89. The van der Waals surface area contributed by atoms with E-state index in [4.69, 9.17) is 5.10 Å². The second-order valence-electron chi connectivity index (χ2n) is 9.54. The highest BCUT2D eigenvalue weighted by Crippen LogP contribution is 2.38. The fraction of sp³-hybridized carbons (Fsp3) is 0.533.